The molecule has 0 aromatic rings. The molecule has 0 aromatic carbocycles. The topological polar surface area (TPSA) is 80.9 Å². The van der Waals surface area contributed by atoms with E-state index in [1.807, 2.05) is 12.2 Å². The van der Waals surface area contributed by atoms with Crippen molar-refractivity contribution in [1.29, 1.82) is 0 Å². The Kier molecular flexibility index (Phi) is 8.70. The first-order valence-corrected chi connectivity index (χ1v) is 12.9. The van der Waals surface area contributed by atoms with Gasteiger partial charge in [-0.2, -0.15) is 26.3 Å². The summed E-state index contributed by atoms with van der Waals surface area (Å²) >= 11 is 0. The van der Waals surface area contributed by atoms with Crippen molar-refractivity contribution >= 4 is 0 Å². The minimum atomic E-state index is -5.95. The monoisotopic (exact) mass is 540 g/mol. The summed E-state index contributed by atoms with van der Waals surface area (Å²) in [5.41, 5.74) is -2.61. The summed E-state index contributed by atoms with van der Waals surface area (Å²) in [7, 11) is 0. The van der Waals surface area contributed by atoms with Gasteiger partial charge in [0.25, 0.3) is 5.60 Å². The van der Waals surface area contributed by atoms with E-state index in [9.17, 15) is 46.8 Å². The number of hydrogen-bond acceptors (Lipinski definition) is 4. The molecule has 0 aromatic heterocycles. The highest BCUT2D eigenvalue weighted by molar-refractivity contribution is 5.38. The molecule has 0 spiro atoms. The Morgan fingerprint density at radius 1 is 1.08 bits per heavy atom. The highest BCUT2D eigenvalue weighted by Crippen LogP contribution is 2.60. The molecule has 3 fully saturated rings. The van der Waals surface area contributed by atoms with E-state index in [1.54, 1.807) is 6.92 Å². The number of fused-ring (bicyclic) bond motifs is 1. The molecule has 3 aliphatic rings. The fourth-order valence-corrected chi connectivity index (χ4v) is 7.09. The van der Waals surface area contributed by atoms with Gasteiger partial charge < -0.3 is 20.4 Å². The lowest BCUT2D eigenvalue weighted by Crippen LogP contribution is -2.58. The van der Waals surface area contributed by atoms with Crippen molar-refractivity contribution in [2.24, 2.45) is 23.2 Å². The molecular formula is C27H38F6O4. The van der Waals surface area contributed by atoms with Crippen molar-refractivity contribution in [3.63, 3.8) is 0 Å². The van der Waals surface area contributed by atoms with Gasteiger partial charge in [0.2, 0.25) is 0 Å². The third-order valence-corrected chi connectivity index (χ3v) is 9.10. The molecule has 0 amide bonds. The molecule has 37 heavy (non-hydrogen) atoms. The van der Waals surface area contributed by atoms with Crippen LogP contribution >= 0.6 is 0 Å². The average Bonchev–Trinajstić information content (AvgIpc) is 3.11. The fraction of sp³-hybridized carbons (Fsp3) is 0.778. The van der Waals surface area contributed by atoms with Crippen molar-refractivity contribution in [2.45, 2.75) is 108 Å². The average molecular weight is 541 g/mol. The van der Waals surface area contributed by atoms with E-state index in [1.165, 1.54) is 5.57 Å². The van der Waals surface area contributed by atoms with Gasteiger partial charge >= 0.3 is 12.4 Å². The Labute approximate surface area is 213 Å². The summed E-state index contributed by atoms with van der Waals surface area (Å²) in [6, 6.07) is 0. The second kappa shape index (κ2) is 10.7. The first-order chi connectivity index (χ1) is 16.9. The summed E-state index contributed by atoms with van der Waals surface area (Å²) < 4.78 is 78.4. The van der Waals surface area contributed by atoms with E-state index < -0.39 is 42.7 Å². The molecule has 3 aliphatic carbocycles. The van der Waals surface area contributed by atoms with Crippen LogP contribution in [-0.2, 0) is 0 Å². The zero-order valence-corrected chi connectivity index (χ0v) is 21.2. The van der Waals surface area contributed by atoms with E-state index in [4.69, 9.17) is 0 Å². The molecule has 10 heteroatoms. The van der Waals surface area contributed by atoms with Crippen LogP contribution in [0.25, 0.3) is 0 Å². The number of halogens is 6. The Balaban J connectivity index is 1.73. The first-order valence-electron chi connectivity index (χ1n) is 12.9. The van der Waals surface area contributed by atoms with Crippen molar-refractivity contribution in [1.82, 2.24) is 0 Å². The quantitative estimate of drug-likeness (QED) is 0.323. The normalized spacial score (nSPS) is 35.6. The predicted octanol–water partition coefficient (Wildman–Crippen LogP) is 5.76. The van der Waals surface area contributed by atoms with Gasteiger partial charge in [-0.1, -0.05) is 38.2 Å². The lowest BCUT2D eigenvalue weighted by Gasteiger charge is -2.45. The lowest BCUT2D eigenvalue weighted by molar-refractivity contribution is -0.374. The molecule has 0 bridgehead atoms. The van der Waals surface area contributed by atoms with Gasteiger partial charge in [-0.15, -0.1) is 0 Å². The van der Waals surface area contributed by atoms with E-state index in [0.717, 1.165) is 37.7 Å². The van der Waals surface area contributed by atoms with Crippen LogP contribution in [0.5, 0.6) is 0 Å². The van der Waals surface area contributed by atoms with Crippen molar-refractivity contribution < 1.29 is 46.8 Å². The summed E-state index contributed by atoms with van der Waals surface area (Å²) in [5, 5.41) is 39.8. The number of rotatable bonds is 6. The number of allylic oxidation sites excluding steroid dienone is 3. The second-order valence-electron chi connectivity index (χ2n) is 11.6. The molecular weight excluding hydrogens is 502 g/mol. The SMILES string of the molecule is C=C1/C(=C\C=C2/CCC[C@@]3(C)C2CC[C@@H]3[C@H](C)CC(O)CC(O)(C(F)(F)F)C(F)(F)F)C[C@@H](O)CC1O. The van der Waals surface area contributed by atoms with Crippen LogP contribution in [-0.4, -0.2) is 56.7 Å². The maximum absolute atomic E-state index is 13.1. The molecule has 0 radical (unpaired) electrons. The number of alkyl halides is 6. The third kappa shape index (κ3) is 5.97. The van der Waals surface area contributed by atoms with Gasteiger partial charge in [-0.05, 0) is 79.3 Å². The van der Waals surface area contributed by atoms with Crippen molar-refractivity contribution in [2.75, 3.05) is 0 Å². The van der Waals surface area contributed by atoms with Gasteiger partial charge in [0.15, 0.2) is 0 Å². The molecule has 4 N–H and O–H groups in total. The Morgan fingerprint density at radius 2 is 1.70 bits per heavy atom. The Bertz CT molecular complexity index is 894. The van der Waals surface area contributed by atoms with E-state index >= 15 is 0 Å². The summed E-state index contributed by atoms with van der Waals surface area (Å²) in [6.45, 7) is 7.78. The second-order valence-corrected chi connectivity index (χ2v) is 11.6. The standard InChI is InChI=1S/C27H38F6O4/c1-15(11-20(35)14-25(37,26(28,29)30)27(31,32)33)21-8-9-22-17(5-4-10-24(21,22)3)6-7-18-12-19(34)13-23(36)16(18)2/h6-7,15,19-23,34-37H,2,4-5,8-14H2,1,3H3/b17-6+,18-7-/t15-,19-,20?,21-,22?,23?,24-/m1/s1. The highest BCUT2D eigenvalue weighted by atomic mass is 19.4. The highest BCUT2D eigenvalue weighted by Gasteiger charge is 2.70. The molecule has 3 saturated carbocycles. The van der Waals surface area contributed by atoms with Gasteiger partial charge in [0, 0.05) is 12.8 Å². The van der Waals surface area contributed by atoms with E-state index in [2.05, 4.69) is 13.5 Å². The first kappa shape index (κ1) is 30.2. The van der Waals surface area contributed by atoms with Gasteiger partial charge in [-0.3, -0.25) is 0 Å². The molecule has 3 unspecified atom stereocenters. The largest absolute Gasteiger partial charge is 0.426 e. The zero-order chi connectivity index (χ0) is 28.0. The van der Waals surface area contributed by atoms with Crippen LogP contribution in [0.3, 0.4) is 0 Å². The molecule has 212 valence electrons. The molecule has 0 saturated heterocycles. The smallest absolute Gasteiger partial charge is 0.393 e. The van der Waals surface area contributed by atoms with Crippen LogP contribution in [0, 0.1) is 23.2 Å². The minimum absolute atomic E-state index is 0.0124. The maximum atomic E-state index is 13.1. The van der Waals surface area contributed by atoms with Crippen molar-refractivity contribution in [3.8, 4) is 0 Å². The molecule has 4 nitrogen and oxygen atoms in total. The molecule has 3 rings (SSSR count). The van der Waals surface area contributed by atoms with Crippen LogP contribution < -0.4 is 0 Å². The lowest BCUT2D eigenvalue weighted by atomic mass is 9.60. The third-order valence-electron chi connectivity index (χ3n) is 9.10. The summed E-state index contributed by atoms with van der Waals surface area (Å²) in [5.74, 6) is -0.185. The van der Waals surface area contributed by atoms with Crippen LogP contribution in [0.1, 0.15) is 71.6 Å². The zero-order valence-electron chi connectivity index (χ0n) is 21.2. The van der Waals surface area contributed by atoms with Gasteiger partial charge in [0.1, 0.15) is 0 Å². The summed E-state index contributed by atoms with van der Waals surface area (Å²) in [4.78, 5) is 0. The van der Waals surface area contributed by atoms with Gasteiger partial charge in [-0.25, -0.2) is 0 Å². The molecule has 0 aliphatic heterocycles. The van der Waals surface area contributed by atoms with Crippen LogP contribution in [0.4, 0.5) is 26.3 Å². The van der Waals surface area contributed by atoms with Gasteiger partial charge in [0.05, 0.1) is 18.3 Å². The molecule has 7 atom stereocenters. The molecule has 0 heterocycles. The maximum Gasteiger partial charge on any atom is 0.426 e. The number of hydrogen-bond donors (Lipinski definition) is 4. The van der Waals surface area contributed by atoms with E-state index in [-0.39, 0.29) is 36.0 Å². The minimum Gasteiger partial charge on any atom is -0.393 e. The summed E-state index contributed by atoms with van der Waals surface area (Å²) in [6.07, 6.45) is -8.72. The van der Waals surface area contributed by atoms with E-state index in [0.29, 0.717) is 12.0 Å². The van der Waals surface area contributed by atoms with Crippen LogP contribution in [0.15, 0.2) is 35.5 Å². The Hall–Kier alpha value is -1.36. The Morgan fingerprint density at radius 3 is 2.30 bits per heavy atom. The van der Waals surface area contributed by atoms with Crippen LogP contribution in [0.2, 0.25) is 0 Å². The number of aliphatic hydroxyl groups is 4. The number of aliphatic hydroxyl groups excluding tert-OH is 3. The van der Waals surface area contributed by atoms with Crippen molar-refractivity contribution in [3.05, 3.63) is 35.5 Å². The fourth-order valence-electron chi connectivity index (χ4n) is 7.09. The predicted molar refractivity (Wildman–Crippen MR) is 126 cm³/mol.